The van der Waals surface area contributed by atoms with Crippen LogP contribution in [-0.4, -0.2) is 39.8 Å². The molecule has 10 heteroatoms. The third kappa shape index (κ3) is 4.09. The first-order chi connectivity index (χ1) is 11.0. The highest BCUT2D eigenvalue weighted by Crippen LogP contribution is 2.22. The van der Waals surface area contributed by atoms with E-state index in [0.717, 1.165) is 16.6 Å². The summed E-state index contributed by atoms with van der Waals surface area (Å²) in [4.78, 5) is 1.47. The highest BCUT2D eigenvalue weighted by molar-refractivity contribution is 6.25. The van der Waals surface area contributed by atoms with Crippen LogP contribution in [0, 0.1) is 6.92 Å². The zero-order chi connectivity index (χ0) is 16.8. The standard InChI is InChI=1S/C13H11N3O.H2O5Si/c1-9-6-7-13(17)12(8-9)16-14-10-4-2-3-5-11(10)15-16;1-4-6(3)5-2/h2-8,17H,1H3;1-2H. The summed E-state index contributed by atoms with van der Waals surface area (Å²) in [6.07, 6.45) is 0. The number of aryl methyl sites for hydroxylation is 1. The number of benzene rings is 2. The van der Waals surface area contributed by atoms with Crippen LogP contribution >= 0.6 is 0 Å². The van der Waals surface area contributed by atoms with Gasteiger partial charge in [0.15, 0.2) is 0 Å². The molecular weight excluding hydrogens is 322 g/mol. The molecule has 0 bridgehead atoms. The molecule has 3 aromatic rings. The third-order valence-corrected chi connectivity index (χ3v) is 3.08. The zero-order valence-electron chi connectivity index (χ0n) is 11.9. The number of nitrogens with zero attached hydrogens (tertiary/aromatic N) is 3. The van der Waals surface area contributed by atoms with Gasteiger partial charge in [-0.05, 0) is 36.8 Å². The van der Waals surface area contributed by atoms with Gasteiger partial charge >= 0.3 is 9.17 Å². The van der Waals surface area contributed by atoms with Crippen molar-refractivity contribution in [1.29, 1.82) is 0 Å². The van der Waals surface area contributed by atoms with Crippen molar-refractivity contribution in [2.45, 2.75) is 6.92 Å². The Kier molecular flexibility index (Phi) is 5.35. The number of hydrogen-bond donors (Lipinski definition) is 3. The Hall–Kier alpha value is -2.82. The molecule has 1 aromatic heterocycles. The molecule has 1 heterocycles. The van der Waals surface area contributed by atoms with E-state index in [1.807, 2.05) is 43.3 Å². The average Bonchev–Trinajstić information content (AvgIpc) is 3.00. The lowest BCUT2D eigenvalue weighted by Gasteiger charge is -2.03. The van der Waals surface area contributed by atoms with Crippen LogP contribution in [0.1, 0.15) is 5.56 Å². The first-order valence-corrected chi connectivity index (χ1v) is 7.56. The topological polar surface area (TPSA) is 127 Å². The molecule has 3 rings (SSSR count). The number of aromatic nitrogens is 3. The highest BCUT2D eigenvalue weighted by atomic mass is 28.3. The predicted molar refractivity (Wildman–Crippen MR) is 79.1 cm³/mol. The minimum absolute atomic E-state index is 0.177. The van der Waals surface area contributed by atoms with E-state index in [2.05, 4.69) is 19.4 Å². The van der Waals surface area contributed by atoms with E-state index in [0.29, 0.717) is 5.69 Å². The Bertz CT molecular complexity index is 783. The SMILES string of the molecule is Cc1ccc(O)c(-n2nc3ccccc3n2)c1.O=[Si](OO)OO. The normalized spacial score (nSPS) is 9.87. The van der Waals surface area contributed by atoms with Crippen molar-refractivity contribution in [3.8, 4) is 11.4 Å². The van der Waals surface area contributed by atoms with Gasteiger partial charge in [-0.25, -0.2) is 10.5 Å². The molecule has 0 saturated heterocycles. The summed E-state index contributed by atoms with van der Waals surface area (Å²) in [5.41, 5.74) is 3.28. The Morgan fingerprint density at radius 1 is 1.04 bits per heavy atom. The summed E-state index contributed by atoms with van der Waals surface area (Å²) in [6, 6.07) is 13.0. The zero-order valence-corrected chi connectivity index (χ0v) is 12.9. The molecule has 3 N–H and O–H groups in total. The van der Waals surface area contributed by atoms with Crippen LogP contribution in [0.2, 0.25) is 0 Å². The average molecular weight is 335 g/mol. The highest BCUT2D eigenvalue weighted by Gasteiger charge is 2.08. The van der Waals surface area contributed by atoms with Crippen molar-refractivity contribution >= 4 is 20.2 Å². The van der Waals surface area contributed by atoms with Gasteiger partial charge in [0.2, 0.25) is 0 Å². The van der Waals surface area contributed by atoms with Gasteiger partial charge in [0.25, 0.3) is 0 Å². The van der Waals surface area contributed by atoms with E-state index in [4.69, 9.17) is 10.5 Å². The lowest BCUT2D eigenvalue weighted by Crippen LogP contribution is -2.05. The summed E-state index contributed by atoms with van der Waals surface area (Å²) < 4.78 is 15.4. The maximum absolute atomic E-state index is 9.81. The van der Waals surface area contributed by atoms with Gasteiger partial charge < -0.3 is 14.3 Å². The van der Waals surface area contributed by atoms with Gasteiger partial charge in [0.05, 0.1) is 0 Å². The van der Waals surface area contributed by atoms with Gasteiger partial charge in [-0.15, -0.1) is 15.0 Å². The molecule has 0 radical (unpaired) electrons. The fraction of sp³-hybridized carbons (Fsp3) is 0.0769. The van der Waals surface area contributed by atoms with Gasteiger partial charge in [0, 0.05) is 0 Å². The predicted octanol–water partition coefficient (Wildman–Crippen LogP) is 1.82. The van der Waals surface area contributed by atoms with E-state index in [-0.39, 0.29) is 5.75 Å². The molecule has 0 amide bonds. The molecule has 0 aliphatic heterocycles. The first kappa shape index (κ1) is 16.5. The van der Waals surface area contributed by atoms with Gasteiger partial charge in [0.1, 0.15) is 22.5 Å². The van der Waals surface area contributed by atoms with Crippen molar-refractivity contribution in [2.24, 2.45) is 0 Å². The fourth-order valence-electron chi connectivity index (χ4n) is 1.78. The Labute approximate surface area is 131 Å². The second-order valence-corrected chi connectivity index (χ2v) is 5.27. The molecule has 0 spiro atoms. The van der Waals surface area contributed by atoms with Crippen LogP contribution in [0.3, 0.4) is 0 Å². The van der Waals surface area contributed by atoms with E-state index < -0.39 is 9.17 Å². The maximum atomic E-state index is 9.81. The van der Waals surface area contributed by atoms with Crippen molar-refractivity contribution in [3.05, 3.63) is 48.0 Å². The van der Waals surface area contributed by atoms with Gasteiger partial charge in [-0.2, -0.15) is 0 Å². The van der Waals surface area contributed by atoms with Gasteiger partial charge in [-0.3, -0.25) is 4.46 Å². The molecule has 2 aromatic carbocycles. The molecule has 0 aliphatic carbocycles. The van der Waals surface area contributed by atoms with Crippen LogP contribution in [0.5, 0.6) is 5.75 Å². The summed E-state index contributed by atoms with van der Waals surface area (Å²) in [5.74, 6) is 0.177. The van der Waals surface area contributed by atoms with E-state index >= 15 is 0 Å². The summed E-state index contributed by atoms with van der Waals surface area (Å²) in [6.45, 7) is 1.96. The molecule has 9 nitrogen and oxygen atoms in total. The minimum Gasteiger partial charge on any atom is -0.506 e. The lowest BCUT2D eigenvalue weighted by atomic mass is 10.2. The largest absolute Gasteiger partial charge is 0.834 e. The smallest absolute Gasteiger partial charge is 0.506 e. The molecule has 0 unspecified atom stereocenters. The molecule has 0 aliphatic rings. The van der Waals surface area contributed by atoms with Crippen molar-refractivity contribution < 1.29 is 29.2 Å². The molecule has 0 atom stereocenters. The number of aromatic hydroxyl groups is 1. The monoisotopic (exact) mass is 335 g/mol. The second-order valence-electron chi connectivity index (χ2n) is 4.40. The molecule has 120 valence electrons. The second kappa shape index (κ2) is 7.44. The number of phenols is 1. The Morgan fingerprint density at radius 3 is 2.09 bits per heavy atom. The molecular formula is C13H13N3O6Si. The minimum atomic E-state index is -3.01. The number of hydrogen-bond acceptors (Lipinski definition) is 8. The first-order valence-electron chi connectivity index (χ1n) is 6.34. The number of phenolic OH excluding ortho intramolecular Hbond substituents is 1. The summed E-state index contributed by atoms with van der Waals surface area (Å²) >= 11 is 0. The van der Waals surface area contributed by atoms with Crippen molar-refractivity contribution in [2.75, 3.05) is 0 Å². The lowest BCUT2D eigenvalue weighted by molar-refractivity contribution is -0.230. The van der Waals surface area contributed by atoms with Gasteiger partial charge in [-0.1, -0.05) is 18.2 Å². The molecule has 0 saturated carbocycles. The van der Waals surface area contributed by atoms with E-state index in [1.165, 1.54) is 4.80 Å². The fourth-order valence-corrected chi connectivity index (χ4v) is 1.81. The molecule has 23 heavy (non-hydrogen) atoms. The van der Waals surface area contributed by atoms with E-state index in [9.17, 15) is 9.57 Å². The van der Waals surface area contributed by atoms with Crippen LogP contribution in [-0.2, 0) is 13.6 Å². The van der Waals surface area contributed by atoms with Crippen LogP contribution in [0.4, 0.5) is 0 Å². The third-order valence-electron chi connectivity index (χ3n) is 2.78. The quantitative estimate of drug-likeness (QED) is 0.376. The number of rotatable bonds is 3. The van der Waals surface area contributed by atoms with Crippen molar-refractivity contribution in [1.82, 2.24) is 15.0 Å². The Morgan fingerprint density at radius 2 is 1.61 bits per heavy atom. The van der Waals surface area contributed by atoms with Crippen LogP contribution < -0.4 is 0 Å². The van der Waals surface area contributed by atoms with E-state index in [1.54, 1.807) is 6.07 Å². The molecule has 0 fully saturated rings. The number of fused-ring (bicyclic) bond motifs is 1. The van der Waals surface area contributed by atoms with Crippen molar-refractivity contribution in [3.63, 3.8) is 0 Å². The maximum Gasteiger partial charge on any atom is 0.834 e. The summed E-state index contributed by atoms with van der Waals surface area (Å²) in [7, 11) is -3.01. The van der Waals surface area contributed by atoms with Crippen LogP contribution in [0.15, 0.2) is 42.5 Å². The summed E-state index contributed by atoms with van der Waals surface area (Å²) in [5, 5.41) is 33.0. The van der Waals surface area contributed by atoms with Crippen LogP contribution in [0.25, 0.3) is 16.7 Å². The Balaban J connectivity index is 0.000000277.